The van der Waals surface area contributed by atoms with Gasteiger partial charge in [0.2, 0.25) is 0 Å². The quantitative estimate of drug-likeness (QED) is 0.488. The lowest BCUT2D eigenvalue weighted by Crippen LogP contribution is -2.38. The second-order valence-corrected chi connectivity index (χ2v) is 7.96. The fraction of sp³-hybridized carbons (Fsp3) is 0.250. The second-order valence-electron chi connectivity index (χ2n) is 6.98. The molecule has 29 heavy (non-hydrogen) atoms. The first-order chi connectivity index (χ1) is 14.0. The van der Waals surface area contributed by atoms with Crippen molar-refractivity contribution in [2.24, 2.45) is 7.05 Å². The van der Waals surface area contributed by atoms with Gasteiger partial charge in [-0.25, -0.2) is 14.3 Å². The third kappa shape index (κ3) is 3.30. The molecule has 3 aromatic rings. The summed E-state index contributed by atoms with van der Waals surface area (Å²) in [6.07, 6.45) is 2.94. The van der Waals surface area contributed by atoms with Crippen molar-refractivity contribution in [3.05, 3.63) is 71.1 Å². The standard InChI is InChI=1S/C20H18F2N4O2S/c1-26-18(20(8-5-9-20)13-6-3-2-4-7-13)23-24-19(26)29-16-14(21)10-12(11-15(16)22)17(27)25-28/h2-4,6-7,10-11,28H,5,8-9H2,1H3,(H,25,27). The average molecular weight is 416 g/mol. The van der Waals surface area contributed by atoms with E-state index in [0.29, 0.717) is 5.16 Å². The van der Waals surface area contributed by atoms with Crippen LogP contribution in [0.5, 0.6) is 0 Å². The van der Waals surface area contributed by atoms with Gasteiger partial charge in [-0.15, -0.1) is 10.2 Å². The van der Waals surface area contributed by atoms with Gasteiger partial charge in [0.1, 0.15) is 17.5 Å². The van der Waals surface area contributed by atoms with E-state index in [1.807, 2.05) is 18.2 Å². The lowest BCUT2D eigenvalue weighted by Gasteiger charge is -2.41. The number of carbonyl (C=O) groups is 1. The summed E-state index contributed by atoms with van der Waals surface area (Å²) in [5.74, 6) is -2.07. The minimum Gasteiger partial charge on any atom is -0.308 e. The molecule has 0 radical (unpaired) electrons. The van der Waals surface area contributed by atoms with Crippen molar-refractivity contribution in [2.45, 2.75) is 34.7 Å². The highest BCUT2D eigenvalue weighted by Gasteiger charge is 2.44. The van der Waals surface area contributed by atoms with Crippen LogP contribution in [0.15, 0.2) is 52.5 Å². The van der Waals surface area contributed by atoms with Crippen molar-refractivity contribution >= 4 is 17.7 Å². The van der Waals surface area contributed by atoms with Crippen molar-refractivity contribution in [1.29, 1.82) is 0 Å². The lowest BCUT2D eigenvalue weighted by atomic mass is 9.64. The molecule has 6 nitrogen and oxygen atoms in total. The van der Waals surface area contributed by atoms with E-state index in [2.05, 4.69) is 22.3 Å². The van der Waals surface area contributed by atoms with Crippen LogP contribution < -0.4 is 5.48 Å². The summed E-state index contributed by atoms with van der Waals surface area (Å²) in [6.45, 7) is 0. The molecule has 1 aromatic heterocycles. The summed E-state index contributed by atoms with van der Waals surface area (Å²) in [6, 6.07) is 11.8. The Hall–Kier alpha value is -2.78. The summed E-state index contributed by atoms with van der Waals surface area (Å²) < 4.78 is 30.6. The second kappa shape index (κ2) is 7.57. The number of amides is 1. The molecule has 2 N–H and O–H groups in total. The molecule has 0 bridgehead atoms. The van der Waals surface area contributed by atoms with Gasteiger partial charge in [-0.05, 0) is 42.3 Å². The zero-order valence-corrected chi connectivity index (χ0v) is 16.3. The van der Waals surface area contributed by atoms with Gasteiger partial charge in [0, 0.05) is 12.6 Å². The summed E-state index contributed by atoms with van der Waals surface area (Å²) >= 11 is 0.807. The monoisotopic (exact) mass is 416 g/mol. The van der Waals surface area contributed by atoms with Crippen molar-refractivity contribution < 1.29 is 18.8 Å². The first-order valence-electron chi connectivity index (χ1n) is 9.03. The Labute approximate surface area is 169 Å². The van der Waals surface area contributed by atoms with E-state index in [1.54, 1.807) is 11.6 Å². The normalized spacial score (nSPS) is 15.0. The van der Waals surface area contributed by atoms with Crippen molar-refractivity contribution in [3.63, 3.8) is 0 Å². The Kier molecular flexibility index (Phi) is 5.10. The largest absolute Gasteiger partial charge is 0.308 e. The molecule has 1 heterocycles. The molecule has 1 aliphatic carbocycles. The molecule has 1 aliphatic rings. The summed E-state index contributed by atoms with van der Waals surface area (Å²) in [5.41, 5.74) is 1.94. The Balaban J connectivity index is 1.68. The highest BCUT2D eigenvalue weighted by molar-refractivity contribution is 7.99. The van der Waals surface area contributed by atoms with Crippen LogP contribution in [0.25, 0.3) is 0 Å². The number of hydrogen-bond donors (Lipinski definition) is 2. The van der Waals surface area contributed by atoms with Gasteiger partial charge >= 0.3 is 0 Å². The Bertz CT molecular complexity index is 1040. The van der Waals surface area contributed by atoms with Gasteiger partial charge in [-0.3, -0.25) is 10.0 Å². The van der Waals surface area contributed by atoms with E-state index in [4.69, 9.17) is 5.21 Å². The predicted octanol–water partition coefficient (Wildman–Crippen LogP) is 3.83. The number of aromatic nitrogens is 3. The van der Waals surface area contributed by atoms with Gasteiger partial charge in [-0.2, -0.15) is 0 Å². The maximum absolute atomic E-state index is 14.4. The first kappa shape index (κ1) is 19.5. The SMILES string of the molecule is Cn1c(Sc2c(F)cc(C(=O)NO)cc2F)nnc1C1(c2ccccc2)CCC1. The molecular formula is C20H18F2N4O2S. The van der Waals surface area contributed by atoms with Crippen molar-refractivity contribution in [3.8, 4) is 0 Å². The Morgan fingerprint density at radius 3 is 2.38 bits per heavy atom. The highest BCUT2D eigenvalue weighted by atomic mass is 32.2. The number of halogens is 2. The highest BCUT2D eigenvalue weighted by Crippen LogP contribution is 2.48. The third-order valence-electron chi connectivity index (χ3n) is 5.35. The lowest BCUT2D eigenvalue weighted by molar-refractivity contribution is 0.0705. The molecule has 4 rings (SSSR count). The van der Waals surface area contributed by atoms with E-state index >= 15 is 0 Å². The molecule has 1 saturated carbocycles. The smallest absolute Gasteiger partial charge is 0.274 e. The molecule has 9 heteroatoms. The molecule has 0 unspecified atom stereocenters. The maximum Gasteiger partial charge on any atom is 0.274 e. The predicted molar refractivity (Wildman–Crippen MR) is 102 cm³/mol. The zero-order chi connectivity index (χ0) is 20.6. The molecular weight excluding hydrogens is 398 g/mol. The van der Waals surface area contributed by atoms with Gasteiger partial charge in [0.15, 0.2) is 5.16 Å². The molecule has 1 amide bonds. The van der Waals surface area contributed by atoms with Crippen LogP contribution in [0.4, 0.5) is 8.78 Å². The Morgan fingerprint density at radius 2 is 1.83 bits per heavy atom. The fourth-order valence-electron chi connectivity index (χ4n) is 3.69. The molecule has 1 fully saturated rings. The topological polar surface area (TPSA) is 80.0 Å². The van der Waals surface area contributed by atoms with E-state index < -0.39 is 17.5 Å². The molecule has 0 aliphatic heterocycles. The van der Waals surface area contributed by atoms with E-state index in [1.165, 1.54) is 5.48 Å². The summed E-state index contributed by atoms with van der Waals surface area (Å²) in [7, 11) is 1.78. The number of hydrogen-bond acceptors (Lipinski definition) is 5. The first-order valence-corrected chi connectivity index (χ1v) is 9.84. The number of benzene rings is 2. The van der Waals surface area contributed by atoms with Crippen LogP contribution in [0.3, 0.4) is 0 Å². The molecule has 0 saturated heterocycles. The third-order valence-corrected chi connectivity index (χ3v) is 6.48. The van der Waals surface area contributed by atoms with E-state index in [0.717, 1.165) is 54.5 Å². The average Bonchev–Trinajstić information content (AvgIpc) is 3.04. The van der Waals surface area contributed by atoms with Crippen LogP contribution in [0, 0.1) is 11.6 Å². The maximum atomic E-state index is 14.4. The minimum absolute atomic E-state index is 0.248. The van der Waals surface area contributed by atoms with Crippen LogP contribution in [-0.2, 0) is 12.5 Å². The minimum atomic E-state index is -0.991. The molecule has 150 valence electrons. The molecule has 0 spiro atoms. The van der Waals surface area contributed by atoms with Crippen LogP contribution in [0.1, 0.15) is 41.0 Å². The number of hydroxylamine groups is 1. The van der Waals surface area contributed by atoms with Crippen LogP contribution in [0.2, 0.25) is 0 Å². The van der Waals surface area contributed by atoms with E-state index in [9.17, 15) is 13.6 Å². The summed E-state index contributed by atoms with van der Waals surface area (Å²) in [5, 5.41) is 17.5. The fourth-order valence-corrected chi connectivity index (χ4v) is 4.49. The molecule has 0 atom stereocenters. The van der Waals surface area contributed by atoms with E-state index in [-0.39, 0.29) is 15.9 Å². The summed E-state index contributed by atoms with van der Waals surface area (Å²) in [4.78, 5) is 11.1. The number of nitrogens with one attached hydrogen (secondary N) is 1. The van der Waals surface area contributed by atoms with Crippen LogP contribution in [-0.4, -0.2) is 25.9 Å². The van der Waals surface area contributed by atoms with Crippen LogP contribution >= 0.6 is 11.8 Å². The Morgan fingerprint density at radius 1 is 1.17 bits per heavy atom. The van der Waals surface area contributed by atoms with Gasteiger partial charge in [0.25, 0.3) is 5.91 Å². The zero-order valence-electron chi connectivity index (χ0n) is 15.5. The number of nitrogens with zero attached hydrogens (tertiary/aromatic N) is 3. The van der Waals surface area contributed by atoms with Crippen molar-refractivity contribution in [1.82, 2.24) is 20.2 Å². The van der Waals surface area contributed by atoms with Gasteiger partial charge < -0.3 is 4.57 Å². The van der Waals surface area contributed by atoms with Gasteiger partial charge in [0.05, 0.1) is 10.3 Å². The number of rotatable bonds is 5. The molecule has 2 aromatic carbocycles. The van der Waals surface area contributed by atoms with Crippen molar-refractivity contribution in [2.75, 3.05) is 0 Å². The number of carbonyl (C=O) groups excluding carboxylic acids is 1. The van der Waals surface area contributed by atoms with Gasteiger partial charge in [-0.1, -0.05) is 36.8 Å².